The minimum Gasteiger partial charge on any atom is -0.378 e. The summed E-state index contributed by atoms with van der Waals surface area (Å²) in [5, 5.41) is 1.67. The summed E-state index contributed by atoms with van der Waals surface area (Å²) in [5.74, 6) is -0.977. The summed E-state index contributed by atoms with van der Waals surface area (Å²) in [6.07, 6.45) is 0. The molecule has 10 heteroatoms. The number of nitrogens with one attached hydrogen (secondary N) is 3. The van der Waals surface area contributed by atoms with Crippen molar-refractivity contribution in [2.24, 2.45) is 0 Å². The first kappa shape index (κ1) is 21.3. The molecule has 30 heavy (non-hydrogen) atoms. The summed E-state index contributed by atoms with van der Waals surface area (Å²) < 4.78 is 27.1. The van der Waals surface area contributed by atoms with Crippen LogP contribution in [-0.2, 0) is 10.0 Å². The summed E-state index contributed by atoms with van der Waals surface area (Å²) in [7, 11) is 0.137. The lowest BCUT2D eigenvalue weighted by Gasteiger charge is -2.13. The smallest absolute Gasteiger partial charge is 0.271 e. The van der Waals surface area contributed by atoms with Gasteiger partial charge in [-0.1, -0.05) is 6.07 Å². The normalized spacial score (nSPS) is 10.9. The average Bonchev–Trinajstić information content (AvgIpc) is 3.28. The lowest BCUT2D eigenvalue weighted by atomic mass is 10.2. The standard InChI is InChI=1S/C20H20N4O4S2/c1-24(2)17-11-7-15(8-12-17)20(26)22-21-19(25)14-5-9-16(10-6-14)23-30(27,28)18-4-3-13-29-18/h3-13,23H,1-2H3,(H,21,25)(H,22,26). The van der Waals surface area contributed by atoms with Crippen molar-refractivity contribution in [2.45, 2.75) is 4.21 Å². The number of thiophene rings is 1. The number of hydrogen-bond donors (Lipinski definition) is 3. The SMILES string of the molecule is CN(C)c1ccc(C(=O)NNC(=O)c2ccc(NS(=O)(=O)c3cccs3)cc2)cc1. The van der Waals surface area contributed by atoms with E-state index in [4.69, 9.17) is 0 Å². The van der Waals surface area contributed by atoms with Crippen molar-refractivity contribution in [3.8, 4) is 0 Å². The maximum atomic E-state index is 12.2. The van der Waals surface area contributed by atoms with Crippen molar-refractivity contribution in [1.82, 2.24) is 10.9 Å². The second kappa shape index (κ2) is 8.97. The summed E-state index contributed by atoms with van der Waals surface area (Å²) in [4.78, 5) is 26.3. The van der Waals surface area contributed by atoms with Gasteiger partial charge in [0.25, 0.3) is 21.8 Å². The molecule has 0 atom stereocenters. The summed E-state index contributed by atoms with van der Waals surface area (Å²) in [6.45, 7) is 0. The number of carbonyl (C=O) groups excluding carboxylic acids is 2. The Balaban J connectivity index is 1.57. The van der Waals surface area contributed by atoms with Gasteiger partial charge in [0.05, 0.1) is 0 Å². The monoisotopic (exact) mass is 444 g/mol. The summed E-state index contributed by atoms with van der Waals surface area (Å²) in [6, 6.07) is 15.9. The minimum absolute atomic E-state index is 0.200. The number of nitrogens with zero attached hydrogens (tertiary/aromatic N) is 1. The Morgan fingerprint density at radius 3 is 1.83 bits per heavy atom. The van der Waals surface area contributed by atoms with Gasteiger partial charge in [0.1, 0.15) is 4.21 Å². The first-order valence-electron chi connectivity index (χ1n) is 8.81. The third-order valence-electron chi connectivity index (χ3n) is 4.09. The van der Waals surface area contributed by atoms with Crippen LogP contribution >= 0.6 is 11.3 Å². The topological polar surface area (TPSA) is 108 Å². The van der Waals surface area contributed by atoms with E-state index < -0.39 is 21.8 Å². The molecule has 3 N–H and O–H groups in total. The lowest BCUT2D eigenvalue weighted by Crippen LogP contribution is -2.41. The van der Waals surface area contributed by atoms with Crippen LogP contribution in [0.15, 0.2) is 70.3 Å². The van der Waals surface area contributed by atoms with Gasteiger partial charge in [0, 0.05) is 36.6 Å². The van der Waals surface area contributed by atoms with Gasteiger partial charge >= 0.3 is 0 Å². The molecule has 0 spiro atoms. The molecule has 2 aromatic carbocycles. The quantitative estimate of drug-likeness (QED) is 0.507. The molecule has 3 aromatic rings. The van der Waals surface area contributed by atoms with E-state index in [1.54, 1.807) is 35.7 Å². The predicted octanol–water partition coefficient (Wildman–Crippen LogP) is 2.69. The van der Waals surface area contributed by atoms with Gasteiger partial charge in [-0.2, -0.15) is 0 Å². The van der Waals surface area contributed by atoms with Gasteiger partial charge in [0.2, 0.25) is 0 Å². The molecule has 2 amide bonds. The number of amides is 2. The van der Waals surface area contributed by atoms with Gasteiger partial charge in [0.15, 0.2) is 0 Å². The first-order chi connectivity index (χ1) is 14.3. The van der Waals surface area contributed by atoms with E-state index in [0.717, 1.165) is 17.0 Å². The van der Waals surface area contributed by atoms with Crippen molar-refractivity contribution in [3.05, 3.63) is 77.2 Å². The molecule has 0 aliphatic heterocycles. The van der Waals surface area contributed by atoms with E-state index in [2.05, 4.69) is 15.6 Å². The molecular weight excluding hydrogens is 424 g/mol. The van der Waals surface area contributed by atoms with Crippen molar-refractivity contribution in [3.63, 3.8) is 0 Å². The molecule has 156 valence electrons. The predicted molar refractivity (Wildman–Crippen MR) is 117 cm³/mol. The number of hydrazine groups is 1. The first-order valence-corrected chi connectivity index (χ1v) is 11.2. The van der Waals surface area contributed by atoms with Crippen LogP contribution in [0.2, 0.25) is 0 Å². The van der Waals surface area contributed by atoms with Gasteiger partial charge in [-0.05, 0) is 60.0 Å². The van der Waals surface area contributed by atoms with Crippen LogP contribution in [0.25, 0.3) is 0 Å². The molecule has 0 unspecified atom stereocenters. The largest absolute Gasteiger partial charge is 0.378 e. The second-order valence-corrected chi connectivity index (χ2v) is 9.32. The zero-order chi connectivity index (χ0) is 21.7. The Hall–Kier alpha value is -3.37. The number of hydrogen-bond acceptors (Lipinski definition) is 6. The summed E-state index contributed by atoms with van der Waals surface area (Å²) in [5.41, 5.74) is 6.63. The molecule has 0 saturated carbocycles. The van der Waals surface area contributed by atoms with Crippen LogP contribution in [0.1, 0.15) is 20.7 Å². The highest BCUT2D eigenvalue weighted by Crippen LogP contribution is 2.20. The molecule has 8 nitrogen and oxygen atoms in total. The van der Waals surface area contributed by atoms with E-state index in [-0.39, 0.29) is 9.77 Å². The van der Waals surface area contributed by atoms with E-state index in [9.17, 15) is 18.0 Å². The summed E-state index contributed by atoms with van der Waals surface area (Å²) >= 11 is 1.11. The number of carbonyl (C=O) groups is 2. The highest BCUT2D eigenvalue weighted by atomic mass is 32.2. The fourth-order valence-electron chi connectivity index (χ4n) is 2.48. The third kappa shape index (κ3) is 5.16. The molecule has 1 aromatic heterocycles. The van der Waals surface area contributed by atoms with Gasteiger partial charge in [-0.3, -0.25) is 25.2 Å². The Kier molecular flexibility index (Phi) is 6.38. The van der Waals surface area contributed by atoms with E-state index in [0.29, 0.717) is 11.3 Å². The van der Waals surface area contributed by atoms with Gasteiger partial charge in [-0.25, -0.2) is 8.42 Å². The van der Waals surface area contributed by atoms with Crippen LogP contribution in [0, 0.1) is 0 Å². The number of rotatable bonds is 6. The zero-order valence-electron chi connectivity index (χ0n) is 16.2. The second-order valence-electron chi connectivity index (χ2n) is 6.46. The highest BCUT2D eigenvalue weighted by molar-refractivity contribution is 7.94. The maximum absolute atomic E-state index is 12.2. The van der Waals surface area contributed by atoms with Crippen LogP contribution in [0.5, 0.6) is 0 Å². The fraction of sp³-hybridized carbons (Fsp3) is 0.100. The van der Waals surface area contributed by atoms with Crippen LogP contribution in [-0.4, -0.2) is 34.3 Å². The van der Waals surface area contributed by atoms with Crippen LogP contribution < -0.4 is 20.5 Å². The van der Waals surface area contributed by atoms with Crippen molar-refractivity contribution < 1.29 is 18.0 Å². The number of sulfonamides is 1. The van der Waals surface area contributed by atoms with Gasteiger partial charge in [-0.15, -0.1) is 11.3 Å². The number of anilines is 2. The number of benzene rings is 2. The lowest BCUT2D eigenvalue weighted by molar-refractivity contribution is 0.0846. The molecular formula is C20H20N4O4S2. The third-order valence-corrected chi connectivity index (χ3v) is 6.87. The Bertz CT molecular complexity index is 1120. The van der Waals surface area contributed by atoms with Crippen LogP contribution in [0.4, 0.5) is 11.4 Å². The molecule has 0 aliphatic rings. The van der Waals surface area contributed by atoms with Crippen molar-refractivity contribution >= 4 is 44.5 Å². The van der Waals surface area contributed by atoms with Gasteiger partial charge < -0.3 is 4.90 Å². The zero-order valence-corrected chi connectivity index (χ0v) is 17.9. The molecule has 1 heterocycles. The fourth-order valence-corrected chi connectivity index (χ4v) is 4.53. The van der Waals surface area contributed by atoms with E-state index in [1.807, 2.05) is 19.0 Å². The Labute approximate surface area is 178 Å². The van der Waals surface area contributed by atoms with Crippen LogP contribution in [0.3, 0.4) is 0 Å². The highest BCUT2D eigenvalue weighted by Gasteiger charge is 2.15. The van der Waals surface area contributed by atoms with Crippen molar-refractivity contribution in [2.75, 3.05) is 23.7 Å². The molecule has 0 aliphatic carbocycles. The minimum atomic E-state index is -3.66. The van der Waals surface area contributed by atoms with E-state index in [1.165, 1.54) is 30.3 Å². The Morgan fingerprint density at radius 1 is 0.833 bits per heavy atom. The molecule has 0 fully saturated rings. The van der Waals surface area contributed by atoms with Crippen molar-refractivity contribution in [1.29, 1.82) is 0 Å². The maximum Gasteiger partial charge on any atom is 0.271 e. The average molecular weight is 445 g/mol. The molecule has 0 saturated heterocycles. The van der Waals surface area contributed by atoms with E-state index >= 15 is 0 Å². The molecule has 3 rings (SSSR count). The Morgan fingerprint density at radius 2 is 1.37 bits per heavy atom. The molecule has 0 radical (unpaired) electrons. The molecule has 0 bridgehead atoms.